The zero-order chi connectivity index (χ0) is 23.1. The van der Waals surface area contributed by atoms with Crippen LogP contribution in [0.25, 0.3) is 0 Å². The van der Waals surface area contributed by atoms with E-state index in [4.69, 9.17) is 9.73 Å². The van der Waals surface area contributed by atoms with Gasteiger partial charge in [-0.3, -0.25) is 4.99 Å². The van der Waals surface area contributed by atoms with E-state index in [0.29, 0.717) is 12.5 Å². The van der Waals surface area contributed by atoms with Gasteiger partial charge in [-0.05, 0) is 59.3 Å². The van der Waals surface area contributed by atoms with Crippen molar-refractivity contribution in [3.8, 4) is 0 Å². The highest BCUT2D eigenvalue weighted by molar-refractivity contribution is 5.80. The standard InChI is InChI=1S/C23H41N7O2/c1-6-20-27-26-17-29(20)15-12-25-21(24-7-2)28-13-10-19(11-14-28)30(16-18-8-9-18)22(31)32-23(3,4)5/h17-19H,6-16H2,1-5H3,(H,24,25). The van der Waals surface area contributed by atoms with Crippen molar-refractivity contribution in [2.45, 2.75) is 84.9 Å². The average Bonchev–Trinajstić information content (AvgIpc) is 3.46. The van der Waals surface area contributed by atoms with Crippen molar-refractivity contribution in [3.05, 3.63) is 12.2 Å². The van der Waals surface area contributed by atoms with E-state index >= 15 is 0 Å². The first-order chi connectivity index (χ1) is 15.3. The molecule has 0 atom stereocenters. The van der Waals surface area contributed by atoms with Gasteiger partial charge in [0.25, 0.3) is 0 Å². The molecule has 0 unspecified atom stereocenters. The molecule has 9 heteroatoms. The summed E-state index contributed by atoms with van der Waals surface area (Å²) < 4.78 is 7.79. The molecule has 0 bridgehead atoms. The lowest BCUT2D eigenvalue weighted by molar-refractivity contribution is 0.00928. The number of hydrogen-bond acceptors (Lipinski definition) is 5. The number of aryl methyl sites for hydroxylation is 1. The molecule has 1 aliphatic heterocycles. The van der Waals surface area contributed by atoms with Gasteiger partial charge in [0.05, 0.1) is 6.54 Å². The Morgan fingerprint density at radius 3 is 2.56 bits per heavy atom. The lowest BCUT2D eigenvalue weighted by Gasteiger charge is -2.40. The van der Waals surface area contributed by atoms with Crippen molar-refractivity contribution in [2.75, 3.05) is 32.7 Å². The predicted octanol–water partition coefficient (Wildman–Crippen LogP) is 2.92. The summed E-state index contributed by atoms with van der Waals surface area (Å²) in [5.74, 6) is 2.58. The Hall–Kier alpha value is -2.32. The molecular weight excluding hydrogens is 406 g/mol. The second-order valence-corrected chi connectivity index (χ2v) is 9.82. The van der Waals surface area contributed by atoms with Crippen LogP contribution >= 0.6 is 0 Å². The van der Waals surface area contributed by atoms with Crippen molar-refractivity contribution in [2.24, 2.45) is 10.9 Å². The largest absolute Gasteiger partial charge is 0.444 e. The lowest BCUT2D eigenvalue weighted by atomic mass is 10.0. The summed E-state index contributed by atoms with van der Waals surface area (Å²) >= 11 is 0. The van der Waals surface area contributed by atoms with Crippen LogP contribution in [0.3, 0.4) is 0 Å². The maximum atomic E-state index is 12.9. The summed E-state index contributed by atoms with van der Waals surface area (Å²) in [6.07, 6.45) is 6.79. The van der Waals surface area contributed by atoms with Gasteiger partial charge >= 0.3 is 6.09 Å². The third kappa shape index (κ3) is 7.10. The van der Waals surface area contributed by atoms with Gasteiger partial charge < -0.3 is 24.4 Å². The van der Waals surface area contributed by atoms with Gasteiger partial charge in [-0.25, -0.2) is 4.79 Å². The Morgan fingerprint density at radius 2 is 1.97 bits per heavy atom. The first-order valence-electron chi connectivity index (χ1n) is 12.2. The zero-order valence-corrected chi connectivity index (χ0v) is 20.5. The minimum absolute atomic E-state index is 0.163. The maximum Gasteiger partial charge on any atom is 0.410 e. The third-order valence-corrected chi connectivity index (χ3v) is 5.93. The van der Waals surface area contributed by atoms with Crippen molar-refractivity contribution in [3.63, 3.8) is 0 Å². The highest BCUT2D eigenvalue weighted by atomic mass is 16.6. The van der Waals surface area contributed by atoms with Crippen molar-refractivity contribution in [1.82, 2.24) is 29.9 Å². The molecule has 0 spiro atoms. The van der Waals surface area contributed by atoms with Gasteiger partial charge in [0.15, 0.2) is 5.96 Å². The summed E-state index contributed by atoms with van der Waals surface area (Å²) in [6.45, 7) is 14.9. The van der Waals surface area contributed by atoms with Crippen LogP contribution in [-0.4, -0.2) is 81.0 Å². The van der Waals surface area contributed by atoms with Gasteiger partial charge in [0.1, 0.15) is 17.8 Å². The third-order valence-electron chi connectivity index (χ3n) is 5.93. The molecule has 180 valence electrons. The number of amides is 1. The number of carbonyl (C=O) groups is 1. The number of ether oxygens (including phenoxy) is 1. The number of carbonyl (C=O) groups excluding carboxylic acids is 1. The van der Waals surface area contributed by atoms with Crippen LogP contribution in [0.4, 0.5) is 4.79 Å². The van der Waals surface area contributed by atoms with Crippen LogP contribution in [-0.2, 0) is 17.7 Å². The number of nitrogens with one attached hydrogen (secondary N) is 1. The summed E-state index contributed by atoms with van der Waals surface area (Å²) in [7, 11) is 0. The van der Waals surface area contributed by atoms with Gasteiger partial charge in [0.2, 0.25) is 0 Å². The lowest BCUT2D eigenvalue weighted by Crippen LogP contribution is -2.52. The van der Waals surface area contributed by atoms with Crippen LogP contribution in [0.15, 0.2) is 11.3 Å². The highest BCUT2D eigenvalue weighted by Crippen LogP contribution is 2.32. The van der Waals surface area contributed by atoms with Gasteiger partial charge in [-0.1, -0.05) is 6.92 Å². The molecule has 0 radical (unpaired) electrons. The summed E-state index contributed by atoms with van der Waals surface area (Å²) in [5, 5.41) is 11.6. The number of piperidine rings is 1. The fourth-order valence-electron chi connectivity index (χ4n) is 4.09. The molecule has 2 fully saturated rings. The van der Waals surface area contributed by atoms with Gasteiger partial charge in [-0.15, -0.1) is 10.2 Å². The maximum absolute atomic E-state index is 12.9. The topological polar surface area (TPSA) is 87.9 Å². The monoisotopic (exact) mass is 447 g/mol. The summed E-state index contributed by atoms with van der Waals surface area (Å²) in [4.78, 5) is 22.1. The SMILES string of the molecule is CCNC(=NCCn1cnnc1CC)N1CCC(N(CC2CC2)C(=O)OC(C)(C)C)CC1. The van der Waals surface area contributed by atoms with E-state index in [1.165, 1.54) is 12.8 Å². The molecule has 1 aromatic heterocycles. The van der Waals surface area contributed by atoms with Crippen LogP contribution in [0, 0.1) is 5.92 Å². The fourth-order valence-corrected chi connectivity index (χ4v) is 4.09. The molecule has 1 aliphatic carbocycles. The second-order valence-electron chi connectivity index (χ2n) is 9.82. The van der Waals surface area contributed by atoms with E-state index in [-0.39, 0.29) is 12.1 Å². The van der Waals surface area contributed by atoms with Crippen molar-refractivity contribution >= 4 is 12.1 Å². The first kappa shape index (κ1) is 24.3. The van der Waals surface area contributed by atoms with E-state index in [1.807, 2.05) is 25.7 Å². The molecule has 2 heterocycles. The number of aliphatic imine (C=N–C) groups is 1. The van der Waals surface area contributed by atoms with E-state index in [9.17, 15) is 4.79 Å². The van der Waals surface area contributed by atoms with Crippen LogP contribution in [0.2, 0.25) is 0 Å². The number of likely N-dealkylation sites (tertiary alicyclic amines) is 1. The quantitative estimate of drug-likeness (QED) is 0.487. The molecule has 0 aromatic carbocycles. The number of hydrogen-bond donors (Lipinski definition) is 1. The predicted molar refractivity (Wildman–Crippen MR) is 126 cm³/mol. The molecular formula is C23H41N7O2. The highest BCUT2D eigenvalue weighted by Gasteiger charge is 2.35. The van der Waals surface area contributed by atoms with Crippen molar-refractivity contribution in [1.29, 1.82) is 0 Å². The summed E-state index contributed by atoms with van der Waals surface area (Å²) in [5.41, 5.74) is -0.465. The first-order valence-corrected chi connectivity index (χ1v) is 12.2. The number of guanidine groups is 1. The Balaban J connectivity index is 1.57. The normalized spacial score (nSPS) is 18.0. The molecule has 1 saturated carbocycles. The Bertz CT molecular complexity index is 759. The van der Waals surface area contributed by atoms with E-state index < -0.39 is 5.60 Å². The fraction of sp³-hybridized carbons (Fsp3) is 0.826. The molecule has 1 N–H and O–H groups in total. The minimum Gasteiger partial charge on any atom is -0.444 e. The second kappa shape index (κ2) is 11.0. The van der Waals surface area contributed by atoms with Crippen LogP contribution in [0.5, 0.6) is 0 Å². The molecule has 3 rings (SSSR count). The number of aromatic nitrogens is 3. The van der Waals surface area contributed by atoms with E-state index in [2.05, 4.69) is 38.8 Å². The zero-order valence-electron chi connectivity index (χ0n) is 20.5. The van der Waals surface area contributed by atoms with Gasteiger partial charge in [-0.2, -0.15) is 0 Å². The number of rotatable bonds is 8. The molecule has 2 aliphatic rings. The Labute approximate surface area is 192 Å². The molecule has 9 nitrogen and oxygen atoms in total. The molecule has 1 saturated heterocycles. The molecule has 1 amide bonds. The molecule has 32 heavy (non-hydrogen) atoms. The Kier molecular flexibility index (Phi) is 8.37. The Morgan fingerprint density at radius 1 is 1.25 bits per heavy atom. The average molecular weight is 448 g/mol. The van der Waals surface area contributed by atoms with Crippen LogP contribution < -0.4 is 5.32 Å². The number of nitrogens with zero attached hydrogens (tertiary/aromatic N) is 6. The van der Waals surface area contributed by atoms with E-state index in [0.717, 1.165) is 63.8 Å². The van der Waals surface area contributed by atoms with Crippen LogP contribution in [0.1, 0.15) is 66.1 Å². The van der Waals surface area contributed by atoms with Gasteiger partial charge in [0, 0.05) is 45.2 Å². The summed E-state index contributed by atoms with van der Waals surface area (Å²) in [6, 6.07) is 0.230. The smallest absolute Gasteiger partial charge is 0.410 e. The molecule has 1 aromatic rings. The van der Waals surface area contributed by atoms with E-state index in [1.54, 1.807) is 6.33 Å². The van der Waals surface area contributed by atoms with Crippen molar-refractivity contribution < 1.29 is 9.53 Å². The minimum atomic E-state index is -0.465.